The first kappa shape index (κ1) is 23.0. The third kappa shape index (κ3) is 3.34. The average molecular weight is 474 g/mol. The van der Waals surface area contributed by atoms with Gasteiger partial charge in [0.1, 0.15) is 11.2 Å². The zero-order valence-corrected chi connectivity index (χ0v) is 22.3. The molecule has 0 radical (unpaired) electrons. The van der Waals surface area contributed by atoms with Gasteiger partial charge in [0.2, 0.25) is 0 Å². The molecule has 2 heterocycles. The summed E-state index contributed by atoms with van der Waals surface area (Å²) in [6.45, 7) is 13.7. The molecule has 0 amide bonds. The van der Waals surface area contributed by atoms with Crippen LogP contribution in [-0.4, -0.2) is 4.98 Å². The third-order valence-corrected chi connectivity index (χ3v) is 7.93. The van der Waals surface area contributed by atoms with E-state index in [2.05, 4.69) is 96.1 Å². The van der Waals surface area contributed by atoms with Crippen molar-refractivity contribution in [2.24, 2.45) is 11.8 Å². The molecule has 36 heavy (non-hydrogen) atoms. The Morgan fingerprint density at radius 3 is 2.28 bits per heavy atom. The van der Waals surface area contributed by atoms with E-state index in [9.17, 15) is 0 Å². The Labute approximate surface area is 214 Å². The van der Waals surface area contributed by atoms with Gasteiger partial charge in [-0.25, -0.2) is 0 Å². The van der Waals surface area contributed by atoms with E-state index in [0.717, 1.165) is 35.3 Å². The SMILES string of the molecule is Cc1ccnc(-c2c(C)ccc3c2oc2ccc4c(c23)-c2ccccc2C4(CC(C)C)CC(C)C)c1. The van der Waals surface area contributed by atoms with Crippen LogP contribution in [0.1, 0.15) is 62.8 Å². The molecule has 2 heteroatoms. The number of fused-ring (bicyclic) bond motifs is 7. The normalized spacial score (nSPS) is 14.2. The molecule has 0 fully saturated rings. The summed E-state index contributed by atoms with van der Waals surface area (Å²) < 4.78 is 6.69. The molecular weight excluding hydrogens is 438 g/mol. The molecule has 0 saturated carbocycles. The second kappa shape index (κ2) is 8.34. The van der Waals surface area contributed by atoms with E-state index in [-0.39, 0.29) is 5.41 Å². The number of aryl methyl sites for hydroxylation is 2. The highest BCUT2D eigenvalue weighted by Gasteiger charge is 2.44. The smallest absolute Gasteiger partial charge is 0.145 e. The Kier molecular flexibility index (Phi) is 5.33. The number of aromatic nitrogens is 1. The first-order valence-corrected chi connectivity index (χ1v) is 13.3. The first-order valence-electron chi connectivity index (χ1n) is 13.3. The fourth-order valence-electron chi connectivity index (χ4n) is 6.88. The summed E-state index contributed by atoms with van der Waals surface area (Å²) in [6, 6.07) is 22.4. The van der Waals surface area contributed by atoms with Gasteiger partial charge >= 0.3 is 0 Å². The van der Waals surface area contributed by atoms with Gasteiger partial charge in [-0.05, 0) is 90.1 Å². The quantitative estimate of drug-likeness (QED) is 0.254. The summed E-state index contributed by atoms with van der Waals surface area (Å²) in [5.41, 5.74) is 12.1. The van der Waals surface area contributed by atoms with Gasteiger partial charge < -0.3 is 4.42 Å². The number of pyridine rings is 1. The Balaban J connectivity index is 1.72. The Morgan fingerprint density at radius 2 is 1.56 bits per heavy atom. The molecule has 0 aliphatic heterocycles. The van der Waals surface area contributed by atoms with Crippen LogP contribution in [0, 0.1) is 25.7 Å². The molecule has 1 aliphatic carbocycles. The molecule has 0 atom stereocenters. The summed E-state index contributed by atoms with van der Waals surface area (Å²) in [5, 5.41) is 2.43. The van der Waals surface area contributed by atoms with Crippen molar-refractivity contribution in [1.82, 2.24) is 4.98 Å². The number of furan rings is 1. The zero-order valence-electron chi connectivity index (χ0n) is 22.3. The van der Waals surface area contributed by atoms with Gasteiger partial charge in [-0.2, -0.15) is 0 Å². The molecule has 0 N–H and O–H groups in total. The molecule has 5 aromatic rings. The van der Waals surface area contributed by atoms with Crippen molar-refractivity contribution in [2.45, 2.75) is 59.8 Å². The van der Waals surface area contributed by atoms with Crippen molar-refractivity contribution < 1.29 is 4.42 Å². The summed E-state index contributed by atoms with van der Waals surface area (Å²) in [5.74, 6) is 1.20. The van der Waals surface area contributed by atoms with Crippen LogP contribution in [0.15, 0.2) is 71.3 Å². The van der Waals surface area contributed by atoms with Crippen molar-refractivity contribution in [1.29, 1.82) is 0 Å². The van der Waals surface area contributed by atoms with E-state index in [4.69, 9.17) is 9.40 Å². The second-order valence-corrected chi connectivity index (χ2v) is 11.6. The number of benzene rings is 3. The van der Waals surface area contributed by atoms with Gasteiger partial charge in [0.25, 0.3) is 0 Å². The number of nitrogens with zero attached hydrogens (tertiary/aromatic N) is 1. The second-order valence-electron chi connectivity index (χ2n) is 11.6. The molecule has 182 valence electrons. The maximum Gasteiger partial charge on any atom is 0.145 e. The summed E-state index contributed by atoms with van der Waals surface area (Å²) in [7, 11) is 0. The van der Waals surface area contributed by atoms with E-state index in [0.29, 0.717) is 11.8 Å². The van der Waals surface area contributed by atoms with Gasteiger partial charge in [0, 0.05) is 27.9 Å². The minimum Gasteiger partial charge on any atom is -0.455 e. The van der Waals surface area contributed by atoms with E-state index < -0.39 is 0 Å². The van der Waals surface area contributed by atoms with Crippen LogP contribution in [-0.2, 0) is 5.41 Å². The highest BCUT2D eigenvalue weighted by Crippen LogP contribution is 2.58. The molecule has 2 nitrogen and oxygen atoms in total. The molecule has 2 aromatic heterocycles. The maximum atomic E-state index is 6.69. The largest absolute Gasteiger partial charge is 0.455 e. The Hall–Kier alpha value is -3.39. The van der Waals surface area contributed by atoms with Gasteiger partial charge in [0.15, 0.2) is 0 Å². The summed E-state index contributed by atoms with van der Waals surface area (Å²) in [4.78, 5) is 4.73. The highest BCUT2D eigenvalue weighted by atomic mass is 16.3. The zero-order chi connectivity index (χ0) is 25.2. The first-order chi connectivity index (χ1) is 17.3. The lowest BCUT2D eigenvalue weighted by Crippen LogP contribution is -2.29. The maximum absolute atomic E-state index is 6.69. The molecule has 0 saturated heterocycles. The van der Waals surface area contributed by atoms with Crippen LogP contribution in [0.25, 0.3) is 44.3 Å². The highest BCUT2D eigenvalue weighted by molar-refractivity contribution is 6.17. The predicted octanol–water partition coefficient (Wildman–Crippen LogP) is 9.62. The van der Waals surface area contributed by atoms with Crippen molar-refractivity contribution in [3.63, 3.8) is 0 Å². The fraction of sp³-hybridized carbons (Fsp3) is 0.324. The lowest BCUT2D eigenvalue weighted by Gasteiger charge is -2.35. The summed E-state index contributed by atoms with van der Waals surface area (Å²) >= 11 is 0. The molecule has 6 rings (SSSR count). The van der Waals surface area contributed by atoms with Gasteiger partial charge in [-0.1, -0.05) is 70.2 Å². The Bertz CT molecular complexity index is 1610. The van der Waals surface area contributed by atoms with Crippen LogP contribution >= 0.6 is 0 Å². The van der Waals surface area contributed by atoms with E-state index in [1.807, 2.05) is 12.3 Å². The topological polar surface area (TPSA) is 26.0 Å². The van der Waals surface area contributed by atoms with Crippen molar-refractivity contribution in [3.8, 4) is 22.4 Å². The van der Waals surface area contributed by atoms with Crippen molar-refractivity contribution in [3.05, 3.63) is 89.1 Å². The van der Waals surface area contributed by atoms with Gasteiger partial charge in [0.05, 0.1) is 5.69 Å². The Morgan fingerprint density at radius 1 is 0.806 bits per heavy atom. The molecule has 0 spiro atoms. The van der Waals surface area contributed by atoms with Gasteiger partial charge in [-0.3, -0.25) is 4.98 Å². The minimum atomic E-state index is 0.0255. The lowest BCUT2D eigenvalue weighted by atomic mass is 9.68. The van der Waals surface area contributed by atoms with E-state index >= 15 is 0 Å². The molecule has 3 aromatic carbocycles. The van der Waals surface area contributed by atoms with Crippen LogP contribution in [0.3, 0.4) is 0 Å². The number of hydrogen-bond donors (Lipinski definition) is 0. The van der Waals surface area contributed by atoms with E-state index in [1.165, 1.54) is 44.2 Å². The van der Waals surface area contributed by atoms with Crippen LogP contribution in [0.5, 0.6) is 0 Å². The van der Waals surface area contributed by atoms with Crippen LogP contribution in [0.4, 0.5) is 0 Å². The fourth-order valence-corrected chi connectivity index (χ4v) is 6.88. The standard InChI is InChI=1S/C34H35NO/c1-20(2)18-34(19-21(3)4)26-10-8-7-9-24(26)31-27(34)13-14-29-32(31)25-12-11-23(6)30(33(25)36-29)28-17-22(5)15-16-35-28/h7-17,20-21H,18-19H2,1-6H3. The average Bonchev–Trinajstić information content (AvgIpc) is 3.32. The lowest BCUT2D eigenvalue weighted by molar-refractivity contribution is 0.337. The van der Waals surface area contributed by atoms with E-state index in [1.54, 1.807) is 0 Å². The van der Waals surface area contributed by atoms with Gasteiger partial charge in [-0.15, -0.1) is 0 Å². The number of hydrogen-bond acceptors (Lipinski definition) is 2. The molecule has 0 unspecified atom stereocenters. The predicted molar refractivity (Wildman–Crippen MR) is 152 cm³/mol. The summed E-state index contributed by atoms with van der Waals surface area (Å²) in [6.07, 6.45) is 4.19. The molecule has 0 bridgehead atoms. The molecular formula is C34H35NO. The monoisotopic (exact) mass is 473 g/mol. The number of rotatable bonds is 5. The van der Waals surface area contributed by atoms with Crippen LogP contribution in [0.2, 0.25) is 0 Å². The van der Waals surface area contributed by atoms with Crippen molar-refractivity contribution >= 4 is 21.9 Å². The third-order valence-electron chi connectivity index (χ3n) is 7.93. The minimum absolute atomic E-state index is 0.0255. The molecule has 1 aliphatic rings. The van der Waals surface area contributed by atoms with Crippen molar-refractivity contribution in [2.75, 3.05) is 0 Å². The van der Waals surface area contributed by atoms with Crippen LogP contribution < -0.4 is 0 Å².